The lowest BCUT2D eigenvalue weighted by atomic mass is 10.2. The molecule has 1 aromatic heterocycles. The second-order valence-electron chi connectivity index (χ2n) is 4.34. The Morgan fingerprint density at radius 2 is 1.41 bits per heavy atom. The molecule has 1 heterocycles. The number of benzene rings is 1. The van der Waals surface area contributed by atoms with Crippen LogP contribution in [0.5, 0.6) is 0 Å². The first-order valence-corrected chi connectivity index (χ1v) is 6.65. The van der Waals surface area contributed by atoms with Crippen molar-refractivity contribution in [3.63, 3.8) is 0 Å². The molecule has 2 rings (SSSR count). The SMILES string of the molecule is O=C(C=Cc1ccccc1)NNC(=O)C=Cc1cccnc1. The van der Waals surface area contributed by atoms with E-state index in [1.165, 1.54) is 12.2 Å². The van der Waals surface area contributed by atoms with E-state index in [0.717, 1.165) is 11.1 Å². The number of pyridine rings is 1. The van der Waals surface area contributed by atoms with Crippen molar-refractivity contribution in [3.8, 4) is 0 Å². The molecule has 2 aromatic rings. The van der Waals surface area contributed by atoms with Gasteiger partial charge in [-0.3, -0.25) is 25.4 Å². The number of nitrogens with zero attached hydrogens (tertiary/aromatic N) is 1. The Morgan fingerprint density at radius 3 is 2.00 bits per heavy atom. The minimum absolute atomic E-state index is 0.410. The van der Waals surface area contributed by atoms with Crippen LogP contribution < -0.4 is 10.9 Å². The van der Waals surface area contributed by atoms with E-state index in [2.05, 4.69) is 15.8 Å². The molecule has 0 aliphatic heterocycles. The number of hydrogen-bond acceptors (Lipinski definition) is 3. The van der Waals surface area contributed by atoms with Gasteiger partial charge in [0, 0.05) is 24.5 Å². The van der Waals surface area contributed by atoms with E-state index in [0.29, 0.717) is 0 Å². The van der Waals surface area contributed by atoms with Gasteiger partial charge in [-0.1, -0.05) is 36.4 Å². The Labute approximate surface area is 128 Å². The lowest BCUT2D eigenvalue weighted by Crippen LogP contribution is -2.39. The molecule has 2 amide bonds. The molecule has 5 nitrogen and oxygen atoms in total. The average molecular weight is 293 g/mol. The molecule has 0 aliphatic carbocycles. The normalized spacial score (nSPS) is 10.7. The van der Waals surface area contributed by atoms with E-state index in [9.17, 15) is 9.59 Å². The van der Waals surface area contributed by atoms with Gasteiger partial charge < -0.3 is 0 Å². The number of hydrazine groups is 1. The molecule has 1 aromatic carbocycles. The van der Waals surface area contributed by atoms with Crippen LogP contribution in [0.25, 0.3) is 12.2 Å². The average Bonchev–Trinajstić information content (AvgIpc) is 2.58. The van der Waals surface area contributed by atoms with E-state index in [4.69, 9.17) is 0 Å². The zero-order valence-corrected chi connectivity index (χ0v) is 11.8. The van der Waals surface area contributed by atoms with E-state index < -0.39 is 11.8 Å². The third-order valence-electron chi connectivity index (χ3n) is 2.65. The zero-order valence-electron chi connectivity index (χ0n) is 11.8. The Kier molecular flexibility index (Phi) is 5.63. The fraction of sp³-hybridized carbons (Fsp3) is 0. The van der Waals surface area contributed by atoms with E-state index in [1.54, 1.807) is 30.6 Å². The van der Waals surface area contributed by atoms with Crippen LogP contribution in [0.4, 0.5) is 0 Å². The molecule has 5 heteroatoms. The van der Waals surface area contributed by atoms with Gasteiger partial charge in [-0.25, -0.2) is 0 Å². The lowest BCUT2D eigenvalue weighted by molar-refractivity contribution is -0.123. The molecule has 0 saturated heterocycles. The van der Waals surface area contributed by atoms with Crippen molar-refractivity contribution in [2.45, 2.75) is 0 Å². The Morgan fingerprint density at radius 1 is 0.818 bits per heavy atom. The number of aromatic nitrogens is 1. The molecule has 110 valence electrons. The van der Waals surface area contributed by atoms with Gasteiger partial charge in [-0.05, 0) is 29.3 Å². The van der Waals surface area contributed by atoms with E-state index in [1.807, 2.05) is 36.4 Å². The van der Waals surface area contributed by atoms with Gasteiger partial charge in [0.2, 0.25) is 0 Å². The quantitative estimate of drug-likeness (QED) is 0.668. The summed E-state index contributed by atoms with van der Waals surface area (Å²) in [7, 11) is 0. The third kappa shape index (κ3) is 5.42. The first kappa shape index (κ1) is 15.2. The van der Waals surface area contributed by atoms with Crippen molar-refractivity contribution in [2.75, 3.05) is 0 Å². The van der Waals surface area contributed by atoms with Crippen LogP contribution in [-0.2, 0) is 9.59 Å². The number of carbonyl (C=O) groups excluding carboxylic acids is 2. The van der Waals surface area contributed by atoms with Crippen LogP contribution in [0, 0.1) is 0 Å². The molecular weight excluding hydrogens is 278 g/mol. The van der Waals surface area contributed by atoms with Gasteiger partial charge in [0.25, 0.3) is 11.8 Å². The van der Waals surface area contributed by atoms with Crippen molar-refractivity contribution >= 4 is 24.0 Å². The van der Waals surface area contributed by atoms with Gasteiger partial charge in [0.1, 0.15) is 0 Å². The van der Waals surface area contributed by atoms with Crippen molar-refractivity contribution < 1.29 is 9.59 Å². The largest absolute Gasteiger partial charge is 0.268 e. The molecule has 0 fully saturated rings. The molecule has 0 radical (unpaired) electrons. The van der Waals surface area contributed by atoms with Gasteiger partial charge in [0.15, 0.2) is 0 Å². The third-order valence-corrected chi connectivity index (χ3v) is 2.65. The highest BCUT2D eigenvalue weighted by atomic mass is 16.2. The summed E-state index contributed by atoms with van der Waals surface area (Å²) in [6.45, 7) is 0. The molecule has 0 unspecified atom stereocenters. The Hall–Kier alpha value is -3.21. The molecule has 0 spiro atoms. The maximum atomic E-state index is 11.5. The van der Waals surface area contributed by atoms with Gasteiger partial charge in [-0.2, -0.15) is 0 Å². The monoisotopic (exact) mass is 293 g/mol. The molecule has 0 bridgehead atoms. The van der Waals surface area contributed by atoms with Crippen LogP contribution in [0.2, 0.25) is 0 Å². The van der Waals surface area contributed by atoms with Gasteiger partial charge >= 0.3 is 0 Å². The first-order chi connectivity index (χ1) is 10.7. The summed E-state index contributed by atoms with van der Waals surface area (Å²) in [5.41, 5.74) is 6.29. The highest BCUT2D eigenvalue weighted by molar-refractivity contribution is 5.96. The Bertz CT molecular complexity index is 618. The van der Waals surface area contributed by atoms with Crippen LogP contribution in [-0.4, -0.2) is 16.8 Å². The van der Waals surface area contributed by atoms with Gasteiger partial charge in [0.05, 0.1) is 0 Å². The fourth-order valence-electron chi connectivity index (χ4n) is 1.59. The van der Waals surface area contributed by atoms with Crippen LogP contribution in [0.3, 0.4) is 0 Å². The standard InChI is InChI=1S/C17H15N3O2/c21-16(10-8-14-5-2-1-3-6-14)19-20-17(22)11-9-15-7-4-12-18-13-15/h1-13H,(H,19,21)(H,20,22). The van der Waals surface area contributed by atoms with E-state index >= 15 is 0 Å². The lowest BCUT2D eigenvalue weighted by Gasteiger charge is -2.01. The number of rotatable bonds is 4. The second-order valence-corrected chi connectivity index (χ2v) is 4.34. The molecule has 0 atom stereocenters. The summed E-state index contributed by atoms with van der Waals surface area (Å²) in [6.07, 6.45) is 9.21. The predicted molar refractivity (Wildman–Crippen MR) is 85.0 cm³/mol. The molecule has 0 aliphatic rings. The maximum Gasteiger partial charge on any atom is 0.262 e. The number of nitrogens with one attached hydrogen (secondary N) is 2. The number of amides is 2. The summed E-state index contributed by atoms with van der Waals surface area (Å²) >= 11 is 0. The fourth-order valence-corrected chi connectivity index (χ4v) is 1.59. The summed E-state index contributed by atoms with van der Waals surface area (Å²) < 4.78 is 0. The second kappa shape index (κ2) is 8.16. The van der Waals surface area contributed by atoms with Crippen LogP contribution in [0.15, 0.2) is 67.0 Å². The van der Waals surface area contributed by atoms with Crippen LogP contribution >= 0.6 is 0 Å². The summed E-state index contributed by atoms with van der Waals surface area (Å²) in [5.74, 6) is -0.836. The highest BCUT2D eigenvalue weighted by Crippen LogP contribution is 2.00. The molecule has 2 N–H and O–H groups in total. The molecule has 0 saturated carbocycles. The smallest absolute Gasteiger partial charge is 0.262 e. The number of carbonyl (C=O) groups is 2. The summed E-state index contributed by atoms with van der Waals surface area (Å²) in [5, 5.41) is 0. The van der Waals surface area contributed by atoms with Crippen LogP contribution in [0.1, 0.15) is 11.1 Å². The molecular formula is C17H15N3O2. The minimum atomic E-state index is -0.426. The summed E-state index contributed by atoms with van der Waals surface area (Å²) in [4.78, 5) is 27.0. The predicted octanol–water partition coefficient (Wildman–Crippen LogP) is 1.96. The summed E-state index contributed by atoms with van der Waals surface area (Å²) in [6, 6.07) is 13.0. The van der Waals surface area contributed by atoms with Crippen molar-refractivity contribution in [1.29, 1.82) is 0 Å². The molecule has 22 heavy (non-hydrogen) atoms. The van der Waals surface area contributed by atoms with E-state index in [-0.39, 0.29) is 0 Å². The van der Waals surface area contributed by atoms with Crippen molar-refractivity contribution in [2.24, 2.45) is 0 Å². The first-order valence-electron chi connectivity index (χ1n) is 6.65. The zero-order chi connectivity index (χ0) is 15.6. The van der Waals surface area contributed by atoms with Crippen molar-refractivity contribution in [1.82, 2.24) is 15.8 Å². The van der Waals surface area contributed by atoms with Gasteiger partial charge in [-0.15, -0.1) is 0 Å². The Balaban J connectivity index is 1.77. The highest BCUT2D eigenvalue weighted by Gasteiger charge is 1.98. The minimum Gasteiger partial charge on any atom is -0.268 e. The van der Waals surface area contributed by atoms with Crippen molar-refractivity contribution in [3.05, 3.63) is 78.1 Å². The maximum absolute atomic E-state index is 11.5. The number of hydrogen-bond donors (Lipinski definition) is 2. The topological polar surface area (TPSA) is 71.1 Å².